The molecule has 0 atom stereocenters. The first-order valence-electron chi connectivity index (χ1n) is 8.65. The third-order valence-corrected chi connectivity index (χ3v) is 4.43. The van der Waals surface area contributed by atoms with E-state index in [4.69, 9.17) is 0 Å². The second kappa shape index (κ2) is 7.86. The third kappa shape index (κ3) is 4.41. The summed E-state index contributed by atoms with van der Waals surface area (Å²) in [6, 6.07) is 15.0. The zero-order valence-electron chi connectivity index (χ0n) is 15.3. The number of nitrogens with zero attached hydrogens (tertiary/aromatic N) is 2. The van der Waals surface area contributed by atoms with Crippen LogP contribution >= 0.6 is 0 Å². The average Bonchev–Trinajstić information content (AvgIpc) is 2.65. The summed E-state index contributed by atoms with van der Waals surface area (Å²) in [6.45, 7) is 4.05. The van der Waals surface area contributed by atoms with E-state index >= 15 is 0 Å². The summed E-state index contributed by atoms with van der Waals surface area (Å²) in [5.74, 6) is -0.361. The Morgan fingerprint density at radius 1 is 0.889 bits per heavy atom. The van der Waals surface area contributed by atoms with Gasteiger partial charge in [0.05, 0.1) is 6.54 Å². The number of amides is 1. The van der Waals surface area contributed by atoms with Crippen LogP contribution in [-0.2, 0) is 17.9 Å². The Hall–Kier alpha value is -3.41. The van der Waals surface area contributed by atoms with Crippen LogP contribution in [0.3, 0.4) is 0 Å². The van der Waals surface area contributed by atoms with Gasteiger partial charge in [-0.05, 0) is 42.7 Å². The minimum Gasteiger partial charge on any atom is -0.325 e. The monoisotopic (exact) mass is 363 g/mol. The number of carbonyl (C=O) groups excluding carboxylic acids is 1. The molecule has 1 amide bonds. The number of rotatable bonds is 5. The molecule has 3 rings (SSSR count). The van der Waals surface area contributed by atoms with Gasteiger partial charge in [-0.2, -0.15) is 0 Å². The van der Waals surface area contributed by atoms with Crippen molar-refractivity contribution in [2.45, 2.75) is 26.9 Å². The molecule has 6 nitrogen and oxygen atoms in total. The molecule has 0 saturated carbocycles. The highest BCUT2D eigenvalue weighted by Gasteiger charge is 2.10. The first kappa shape index (κ1) is 18.4. The molecule has 0 aliphatic carbocycles. The van der Waals surface area contributed by atoms with Gasteiger partial charge in [-0.1, -0.05) is 36.4 Å². The smallest absolute Gasteiger partial charge is 0.316 e. The van der Waals surface area contributed by atoms with Crippen molar-refractivity contribution < 1.29 is 4.79 Å². The number of hydrogen-bond donors (Lipinski definition) is 1. The molecule has 0 unspecified atom stereocenters. The lowest BCUT2D eigenvalue weighted by Crippen LogP contribution is -2.42. The van der Waals surface area contributed by atoms with Gasteiger partial charge in [-0.25, -0.2) is 0 Å². The minimum absolute atomic E-state index is 0.215. The largest absolute Gasteiger partial charge is 0.325 e. The Labute approximate surface area is 156 Å². The van der Waals surface area contributed by atoms with Gasteiger partial charge in [-0.3, -0.25) is 19.0 Å². The molecule has 1 heterocycles. The van der Waals surface area contributed by atoms with Crippen molar-refractivity contribution in [3.63, 3.8) is 0 Å². The van der Waals surface area contributed by atoms with E-state index in [-0.39, 0.29) is 12.5 Å². The van der Waals surface area contributed by atoms with Crippen LogP contribution in [0.5, 0.6) is 0 Å². The van der Waals surface area contributed by atoms with Crippen molar-refractivity contribution in [3.05, 3.63) is 98.3 Å². The first-order chi connectivity index (χ1) is 12.9. The van der Waals surface area contributed by atoms with E-state index in [2.05, 4.69) is 5.32 Å². The highest BCUT2D eigenvalue weighted by atomic mass is 16.2. The fourth-order valence-electron chi connectivity index (χ4n) is 2.75. The molecule has 0 radical (unpaired) electrons. The molecule has 1 aromatic heterocycles. The van der Waals surface area contributed by atoms with E-state index in [0.717, 1.165) is 21.3 Å². The summed E-state index contributed by atoms with van der Waals surface area (Å²) >= 11 is 0. The van der Waals surface area contributed by atoms with Gasteiger partial charge in [0.15, 0.2) is 0 Å². The Morgan fingerprint density at radius 3 is 2.26 bits per heavy atom. The zero-order valence-corrected chi connectivity index (χ0v) is 15.3. The lowest BCUT2D eigenvalue weighted by atomic mass is 10.1. The molecular formula is C21H21N3O3. The normalized spacial score (nSPS) is 10.6. The summed E-state index contributed by atoms with van der Waals surface area (Å²) in [4.78, 5) is 36.9. The van der Waals surface area contributed by atoms with Crippen LogP contribution in [0.15, 0.2) is 70.5 Å². The molecule has 27 heavy (non-hydrogen) atoms. The maximum Gasteiger partial charge on any atom is 0.316 e. The zero-order chi connectivity index (χ0) is 19.4. The molecular weight excluding hydrogens is 342 g/mol. The number of benzene rings is 2. The standard InChI is InChI=1S/C21H21N3O3/c1-15-8-9-18(12-16(15)2)22-19(25)14-24-11-10-23(20(26)21(24)27)13-17-6-4-3-5-7-17/h3-12H,13-14H2,1-2H3,(H,22,25). The van der Waals surface area contributed by atoms with Crippen LogP contribution in [0.1, 0.15) is 16.7 Å². The Kier molecular flexibility index (Phi) is 5.35. The molecule has 2 aromatic carbocycles. The second-order valence-corrected chi connectivity index (χ2v) is 6.50. The van der Waals surface area contributed by atoms with Crippen LogP contribution in [0, 0.1) is 13.8 Å². The molecule has 0 aliphatic rings. The highest BCUT2D eigenvalue weighted by molar-refractivity contribution is 5.90. The molecule has 0 fully saturated rings. The van der Waals surface area contributed by atoms with Gasteiger partial charge in [-0.15, -0.1) is 0 Å². The summed E-state index contributed by atoms with van der Waals surface area (Å²) in [5, 5.41) is 2.75. The van der Waals surface area contributed by atoms with Gasteiger partial charge in [0.25, 0.3) is 0 Å². The maximum absolute atomic E-state index is 12.3. The van der Waals surface area contributed by atoms with E-state index in [1.54, 1.807) is 6.07 Å². The Balaban J connectivity index is 1.74. The predicted octanol–water partition coefficient (Wildman–Crippen LogP) is 2.31. The number of anilines is 1. The van der Waals surface area contributed by atoms with Crippen LogP contribution < -0.4 is 16.4 Å². The van der Waals surface area contributed by atoms with Crippen LogP contribution in [0.2, 0.25) is 0 Å². The van der Waals surface area contributed by atoms with Crippen molar-refractivity contribution in [1.82, 2.24) is 9.13 Å². The number of aromatic nitrogens is 2. The van der Waals surface area contributed by atoms with Gasteiger partial charge in [0.2, 0.25) is 5.91 Å². The van der Waals surface area contributed by atoms with E-state index in [0.29, 0.717) is 12.2 Å². The van der Waals surface area contributed by atoms with E-state index in [1.165, 1.54) is 17.0 Å². The van der Waals surface area contributed by atoms with E-state index in [9.17, 15) is 14.4 Å². The summed E-state index contributed by atoms with van der Waals surface area (Å²) < 4.78 is 2.47. The fourth-order valence-corrected chi connectivity index (χ4v) is 2.75. The Morgan fingerprint density at radius 2 is 1.56 bits per heavy atom. The Bertz CT molecular complexity index is 1080. The minimum atomic E-state index is -0.719. The molecule has 6 heteroatoms. The lowest BCUT2D eigenvalue weighted by Gasteiger charge is -2.10. The molecule has 1 N–H and O–H groups in total. The van der Waals surface area contributed by atoms with Crippen molar-refractivity contribution in [3.8, 4) is 0 Å². The molecule has 0 spiro atoms. The summed E-state index contributed by atoms with van der Waals surface area (Å²) in [7, 11) is 0. The van der Waals surface area contributed by atoms with Gasteiger partial charge in [0.1, 0.15) is 6.54 Å². The quantitative estimate of drug-likeness (QED) is 0.707. The van der Waals surface area contributed by atoms with Crippen LogP contribution in [0.4, 0.5) is 5.69 Å². The molecule has 3 aromatic rings. The van der Waals surface area contributed by atoms with Gasteiger partial charge >= 0.3 is 11.1 Å². The van der Waals surface area contributed by atoms with Crippen LogP contribution in [0.25, 0.3) is 0 Å². The highest BCUT2D eigenvalue weighted by Crippen LogP contribution is 2.14. The van der Waals surface area contributed by atoms with E-state index in [1.807, 2.05) is 56.3 Å². The second-order valence-electron chi connectivity index (χ2n) is 6.50. The van der Waals surface area contributed by atoms with Crippen LogP contribution in [-0.4, -0.2) is 15.0 Å². The SMILES string of the molecule is Cc1ccc(NC(=O)Cn2ccn(Cc3ccccc3)c(=O)c2=O)cc1C. The van der Waals surface area contributed by atoms with Crippen molar-refractivity contribution >= 4 is 11.6 Å². The average molecular weight is 363 g/mol. The maximum atomic E-state index is 12.3. The predicted molar refractivity (Wildman–Crippen MR) is 105 cm³/mol. The number of nitrogens with one attached hydrogen (secondary N) is 1. The molecule has 0 bridgehead atoms. The number of hydrogen-bond acceptors (Lipinski definition) is 3. The van der Waals surface area contributed by atoms with Gasteiger partial charge in [0, 0.05) is 18.1 Å². The van der Waals surface area contributed by atoms with Crippen molar-refractivity contribution in [1.29, 1.82) is 0 Å². The van der Waals surface area contributed by atoms with Crippen molar-refractivity contribution in [2.75, 3.05) is 5.32 Å². The molecule has 0 saturated heterocycles. The van der Waals surface area contributed by atoms with E-state index < -0.39 is 11.1 Å². The molecule has 138 valence electrons. The number of carbonyl (C=O) groups is 1. The van der Waals surface area contributed by atoms with Gasteiger partial charge < -0.3 is 9.88 Å². The summed E-state index contributed by atoms with van der Waals surface area (Å²) in [6.07, 6.45) is 2.99. The first-order valence-corrected chi connectivity index (χ1v) is 8.65. The third-order valence-electron chi connectivity index (χ3n) is 4.43. The fraction of sp³-hybridized carbons (Fsp3) is 0.190. The van der Waals surface area contributed by atoms with Crippen molar-refractivity contribution in [2.24, 2.45) is 0 Å². The lowest BCUT2D eigenvalue weighted by molar-refractivity contribution is -0.116. The molecule has 0 aliphatic heterocycles. The topological polar surface area (TPSA) is 73.1 Å². The number of aryl methyl sites for hydroxylation is 2. The summed E-state index contributed by atoms with van der Waals surface area (Å²) in [5.41, 5.74) is 2.40.